The molecule has 3 unspecified atom stereocenters. The Kier molecular flexibility index (Phi) is 3.35. The van der Waals surface area contributed by atoms with E-state index in [-0.39, 0.29) is 5.91 Å². The zero-order valence-electron chi connectivity index (χ0n) is 11.7. The zero-order valence-corrected chi connectivity index (χ0v) is 11.7. The van der Waals surface area contributed by atoms with Gasteiger partial charge in [-0.1, -0.05) is 13.8 Å². The van der Waals surface area contributed by atoms with E-state index in [1.807, 2.05) is 24.0 Å². The molecule has 2 aliphatic heterocycles. The highest BCUT2D eigenvalue weighted by Gasteiger charge is 2.45. The zero-order chi connectivity index (χ0) is 13.4. The number of furan rings is 1. The molecular formula is C15H22N2O2. The molecule has 0 saturated carbocycles. The van der Waals surface area contributed by atoms with E-state index in [2.05, 4.69) is 12.2 Å². The van der Waals surface area contributed by atoms with Crippen molar-refractivity contribution in [2.24, 2.45) is 11.8 Å². The average molecular weight is 262 g/mol. The van der Waals surface area contributed by atoms with Crippen LogP contribution in [-0.2, 0) is 6.42 Å². The number of aryl methyl sites for hydroxylation is 1. The Morgan fingerprint density at radius 3 is 2.95 bits per heavy atom. The van der Waals surface area contributed by atoms with E-state index in [0.29, 0.717) is 23.6 Å². The van der Waals surface area contributed by atoms with Crippen molar-refractivity contribution in [2.75, 3.05) is 19.6 Å². The van der Waals surface area contributed by atoms with Crippen LogP contribution in [0.5, 0.6) is 0 Å². The van der Waals surface area contributed by atoms with E-state index in [1.165, 1.54) is 0 Å². The number of fused-ring (bicyclic) bond motifs is 1. The second-order valence-electron chi connectivity index (χ2n) is 5.63. The van der Waals surface area contributed by atoms with Crippen molar-refractivity contribution in [2.45, 2.75) is 32.7 Å². The largest absolute Gasteiger partial charge is 0.456 e. The highest BCUT2D eigenvalue weighted by molar-refractivity contribution is 5.92. The van der Waals surface area contributed by atoms with Gasteiger partial charge in [-0.2, -0.15) is 0 Å². The number of likely N-dealkylation sites (tertiary alicyclic amines) is 1. The topological polar surface area (TPSA) is 45.5 Å². The van der Waals surface area contributed by atoms with Crippen LogP contribution in [0.25, 0.3) is 0 Å². The van der Waals surface area contributed by atoms with E-state index >= 15 is 0 Å². The van der Waals surface area contributed by atoms with Gasteiger partial charge in [-0.25, -0.2) is 0 Å². The van der Waals surface area contributed by atoms with Gasteiger partial charge in [-0.3, -0.25) is 4.79 Å². The second kappa shape index (κ2) is 5.00. The lowest BCUT2D eigenvalue weighted by atomic mass is 9.93. The van der Waals surface area contributed by atoms with Gasteiger partial charge < -0.3 is 14.6 Å². The second-order valence-corrected chi connectivity index (χ2v) is 5.63. The summed E-state index contributed by atoms with van der Waals surface area (Å²) in [4.78, 5) is 14.6. The molecular weight excluding hydrogens is 240 g/mol. The van der Waals surface area contributed by atoms with Gasteiger partial charge in [0.05, 0.1) is 0 Å². The fourth-order valence-electron chi connectivity index (χ4n) is 3.60. The van der Waals surface area contributed by atoms with Crippen LogP contribution in [0.15, 0.2) is 16.5 Å². The minimum Gasteiger partial charge on any atom is -0.456 e. The Hall–Kier alpha value is -1.29. The van der Waals surface area contributed by atoms with Crippen LogP contribution in [0.2, 0.25) is 0 Å². The van der Waals surface area contributed by atoms with Crippen molar-refractivity contribution >= 4 is 5.91 Å². The van der Waals surface area contributed by atoms with E-state index in [0.717, 1.165) is 38.2 Å². The maximum atomic E-state index is 12.6. The first kappa shape index (κ1) is 12.7. The first-order valence-corrected chi connectivity index (χ1v) is 7.35. The molecule has 0 aromatic carbocycles. The summed E-state index contributed by atoms with van der Waals surface area (Å²) in [5, 5.41) is 3.44. The molecule has 1 N–H and O–H groups in total. The summed E-state index contributed by atoms with van der Waals surface area (Å²) in [5.41, 5.74) is 0. The lowest BCUT2D eigenvalue weighted by Crippen LogP contribution is -2.39. The van der Waals surface area contributed by atoms with Gasteiger partial charge in [0.2, 0.25) is 0 Å². The SMILES string of the molecule is CCc1ccc(C(=O)N2CC3CNCC3C2CC)o1. The number of carbonyl (C=O) groups is 1. The molecule has 2 saturated heterocycles. The summed E-state index contributed by atoms with van der Waals surface area (Å²) in [7, 11) is 0. The van der Waals surface area contributed by atoms with Crippen LogP contribution in [0, 0.1) is 11.8 Å². The highest BCUT2D eigenvalue weighted by atomic mass is 16.4. The molecule has 1 aromatic heterocycles. The van der Waals surface area contributed by atoms with Crippen LogP contribution in [0.1, 0.15) is 36.6 Å². The molecule has 0 radical (unpaired) electrons. The van der Waals surface area contributed by atoms with Gasteiger partial charge >= 0.3 is 0 Å². The van der Waals surface area contributed by atoms with Crippen LogP contribution < -0.4 is 5.32 Å². The molecule has 0 aliphatic carbocycles. The summed E-state index contributed by atoms with van der Waals surface area (Å²) in [5.74, 6) is 2.70. The lowest BCUT2D eigenvalue weighted by molar-refractivity contribution is 0.0677. The summed E-state index contributed by atoms with van der Waals surface area (Å²) >= 11 is 0. The van der Waals surface area contributed by atoms with Crippen molar-refractivity contribution in [3.63, 3.8) is 0 Å². The molecule has 4 nitrogen and oxygen atoms in total. The minimum atomic E-state index is 0.0703. The molecule has 0 spiro atoms. The molecule has 0 bridgehead atoms. The number of hydrogen-bond acceptors (Lipinski definition) is 3. The van der Waals surface area contributed by atoms with E-state index in [1.54, 1.807) is 0 Å². The Morgan fingerprint density at radius 2 is 2.26 bits per heavy atom. The van der Waals surface area contributed by atoms with Crippen LogP contribution in [0.3, 0.4) is 0 Å². The number of hydrogen-bond donors (Lipinski definition) is 1. The Balaban J connectivity index is 1.79. The first-order valence-electron chi connectivity index (χ1n) is 7.35. The number of rotatable bonds is 3. The molecule has 1 aromatic rings. The van der Waals surface area contributed by atoms with Crippen molar-refractivity contribution < 1.29 is 9.21 Å². The van der Waals surface area contributed by atoms with E-state index < -0.39 is 0 Å². The van der Waals surface area contributed by atoms with Crippen LogP contribution in [0.4, 0.5) is 0 Å². The molecule has 19 heavy (non-hydrogen) atoms. The number of amides is 1. The lowest BCUT2D eigenvalue weighted by Gasteiger charge is -2.26. The smallest absolute Gasteiger partial charge is 0.289 e. The third kappa shape index (κ3) is 2.08. The summed E-state index contributed by atoms with van der Waals surface area (Å²) in [6.45, 7) is 7.17. The molecule has 1 amide bonds. The predicted molar refractivity (Wildman–Crippen MR) is 73.1 cm³/mol. The average Bonchev–Trinajstić information content (AvgIpc) is 3.12. The predicted octanol–water partition coefficient (Wildman–Crippen LogP) is 1.91. The van der Waals surface area contributed by atoms with Crippen molar-refractivity contribution in [3.05, 3.63) is 23.7 Å². The molecule has 2 fully saturated rings. The Morgan fingerprint density at radius 1 is 1.42 bits per heavy atom. The van der Waals surface area contributed by atoms with Gasteiger partial charge in [0.1, 0.15) is 5.76 Å². The van der Waals surface area contributed by atoms with Gasteiger partial charge in [-0.15, -0.1) is 0 Å². The molecule has 2 aliphatic rings. The van der Waals surface area contributed by atoms with Gasteiger partial charge in [0.15, 0.2) is 5.76 Å². The fraction of sp³-hybridized carbons (Fsp3) is 0.667. The van der Waals surface area contributed by atoms with Gasteiger partial charge in [-0.05, 0) is 30.4 Å². The summed E-state index contributed by atoms with van der Waals surface area (Å²) in [6, 6.07) is 4.09. The minimum absolute atomic E-state index is 0.0703. The van der Waals surface area contributed by atoms with E-state index in [9.17, 15) is 4.79 Å². The fourth-order valence-corrected chi connectivity index (χ4v) is 3.60. The molecule has 104 valence electrons. The van der Waals surface area contributed by atoms with Gasteiger partial charge in [0.25, 0.3) is 5.91 Å². The molecule has 3 heterocycles. The standard InChI is InChI=1S/C15H22N2O2/c1-3-11-5-6-14(19-11)15(18)17-9-10-7-16-8-12(10)13(17)4-2/h5-6,10,12-13,16H,3-4,7-9H2,1-2H3. The van der Waals surface area contributed by atoms with Crippen LogP contribution in [-0.4, -0.2) is 36.5 Å². The summed E-state index contributed by atoms with van der Waals surface area (Å²) in [6.07, 6.45) is 1.86. The normalized spacial score (nSPS) is 29.8. The third-order valence-electron chi connectivity index (χ3n) is 4.62. The first-order chi connectivity index (χ1) is 9.24. The maximum absolute atomic E-state index is 12.6. The van der Waals surface area contributed by atoms with Crippen LogP contribution >= 0.6 is 0 Å². The number of carbonyl (C=O) groups excluding carboxylic acids is 1. The Bertz CT molecular complexity index is 468. The molecule has 4 heteroatoms. The monoisotopic (exact) mass is 262 g/mol. The van der Waals surface area contributed by atoms with E-state index in [4.69, 9.17) is 4.42 Å². The number of nitrogens with zero attached hydrogens (tertiary/aromatic N) is 1. The number of nitrogens with one attached hydrogen (secondary N) is 1. The quantitative estimate of drug-likeness (QED) is 0.905. The van der Waals surface area contributed by atoms with Crippen molar-refractivity contribution in [1.29, 1.82) is 0 Å². The van der Waals surface area contributed by atoms with Crippen molar-refractivity contribution in [1.82, 2.24) is 10.2 Å². The Labute approximate surface area is 114 Å². The van der Waals surface area contributed by atoms with Crippen molar-refractivity contribution in [3.8, 4) is 0 Å². The molecule has 3 atom stereocenters. The molecule has 3 rings (SSSR count). The highest BCUT2D eigenvalue weighted by Crippen LogP contribution is 2.35. The maximum Gasteiger partial charge on any atom is 0.289 e. The summed E-state index contributed by atoms with van der Waals surface area (Å²) < 4.78 is 5.62. The van der Waals surface area contributed by atoms with Gasteiger partial charge in [0, 0.05) is 32.1 Å². The third-order valence-corrected chi connectivity index (χ3v) is 4.62.